The summed E-state index contributed by atoms with van der Waals surface area (Å²) in [4.78, 5) is 12.0. The van der Waals surface area contributed by atoms with Crippen LogP contribution in [0.25, 0.3) is 0 Å². The lowest BCUT2D eigenvalue weighted by molar-refractivity contribution is 0.0442. The first-order chi connectivity index (χ1) is 9.66. The van der Waals surface area contributed by atoms with E-state index >= 15 is 0 Å². The lowest BCUT2D eigenvalue weighted by atomic mass is 10.1. The van der Waals surface area contributed by atoms with Crippen LogP contribution >= 0.6 is 15.9 Å². The molecule has 0 amide bonds. The number of halogens is 1. The molecule has 0 aromatic heterocycles. The first kappa shape index (κ1) is 18.1. The van der Waals surface area contributed by atoms with Gasteiger partial charge in [-0.2, -0.15) is 0 Å². The van der Waals surface area contributed by atoms with Crippen LogP contribution in [0.4, 0.5) is 0 Å². The monoisotopic (exact) mass is 377 g/mol. The van der Waals surface area contributed by atoms with Gasteiger partial charge in [-0.25, -0.2) is 18.4 Å². The number of nitrogens with two attached hydrogens (primary N) is 1. The molecule has 0 heterocycles. The fourth-order valence-electron chi connectivity index (χ4n) is 2.03. The van der Waals surface area contributed by atoms with E-state index in [0.717, 1.165) is 12.8 Å². The van der Waals surface area contributed by atoms with Gasteiger partial charge in [0.25, 0.3) is 0 Å². The third-order valence-electron chi connectivity index (χ3n) is 3.13. The number of hydrogen-bond acceptors (Lipinski definition) is 4. The van der Waals surface area contributed by atoms with Crippen LogP contribution in [0, 0.1) is 12.8 Å². The van der Waals surface area contributed by atoms with Crippen LogP contribution in [0.2, 0.25) is 0 Å². The number of esters is 1. The number of carbonyl (C=O) groups excluding carboxylic acids is 1. The summed E-state index contributed by atoms with van der Waals surface area (Å²) in [6.07, 6.45) is 1.98. The molecule has 1 unspecified atom stereocenters. The predicted molar refractivity (Wildman–Crippen MR) is 84.6 cm³/mol. The van der Waals surface area contributed by atoms with Crippen LogP contribution in [-0.2, 0) is 14.8 Å². The Labute approximate surface area is 134 Å². The van der Waals surface area contributed by atoms with E-state index in [1.807, 2.05) is 6.92 Å². The van der Waals surface area contributed by atoms with Crippen molar-refractivity contribution >= 4 is 31.9 Å². The van der Waals surface area contributed by atoms with E-state index in [4.69, 9.17) is 9.88 Å². The molecule has 7 heteroatoms. The third-order valence-corrected chi connectivity index (χ3v) is 4.63. The van der Waals surface area contributed by atoms with Gasteiger partial charge in [0.1, 0.15) is 0 Å². The second-order valence-electron chi connectivity index (χ2n) is 5.11. The van der Waals surface area contributed by atoms with Gasteiger partial charge in [0.2, 0.25) is 10.0 Å². The van der Waals surface area contributed by atoms with Gasteiger partial charge >= 0.3 is 5.97 Å². The highest BCUT2D eigenvalue weighted by atomic mass is 79.9. The van der Waals surface area contributed by atoms with Gasteiger partial charge in [0.05, 0.1) is 17.1 Å². The van der Waals surface area contributed by atoms with Crippen molar-refractivity contribution in [3.63, 3.8) is 0 Å². The molecular weight excluding hydrogens is 358 g/mol. The molecule has 0 spiro atoms. The number of rotatable bonds is 6. The molecular formula is C14H20BrNO4S. The van der Waals surface area contributed by atoms with E-state index in [1.54, 1.807) is 0 Å². The Kier molecular flexibility index (Phi) is 6.37. The molecule has 21 heavy (non-hydrogen) atoms. The maximum absolute atomic E-state index is 12.1. The minimum atomic E-state index is -3.89. The van der Waals surface area contributed by atoms with E-state index in [1.165, 1.54) is 19.1 Å². The highest BCUT2D eigenvalue weighted by Crippen LogP contribution is 2.24. The Bertz CT molecular complexity index is 628. The predicted octanol–water partition coefficient (Wildman–Crippen LogP) is 3.00. The molecule has 0 saturated carbocycles. The normalized spacial score (nSPS) is 13.0. The molecule has 118 valence electrons. The average Bonchev–Trinajstić information content (AvgIpc) is 2.37. The van der Waals surface area contributed by atoms with Crippen molar-refractivity contribution < 1.29 is 17.9 Å². The Morgan fingerprint density at radius 3 is 2.57 bits per heavy atom. The number of ether oxygens (including phenoxy) is 1. The summed E-state index contributed by atoms with van der Waals surface area (Å²) in [5.41, 5.74) is 0.506. The lowest BCUT2D eigenvalue weighted by Crippen LogP contribution is -2.18. The van der Waals surface area contributed by atoms with Crippen LogP contribution in [0.3, 0.4) is 0 Å². The topological polar surface area (TPSA) is 86.5 Å². The smallest absolute Gasteiger partial charge is 0.338 e. The Balaban J connectivity index is 3.03. The summed E-state index contributed by atoms with van der Waals surface area (Å²) in [5.74, 6) is -0.272. The molecule has 2 N–H and O–H groups in total. The van der Waals surface area contributed by atoms with Gasteiger partial charge in [-0.15, -0.1) is 0 Å². The molecule has 0 aliphatic heterocycles. The maximum atomic E-state index is 12.1. The molecule has 0 aliphatic rings. The van der Waals surface area contributed by atoms with Gasteiger partial charge in [-0.1, -0.05) is 36.2 Å². The molecule has 0 saturated heterocycles. The molecule has 1 rings (SSSR count). The fraction of sp³-hybridized carbons (Fsp3) is 0.500. The summed E-state index contributed by atoms with van der Waals surface area (Å²) in [6, 6.07) is 2.91. The van der Waals surface area contributed by atoms with E-state index < -0.39 is 16.0 Å². The van der Waals surface area contributed by atoms with Crippen molar-refractivity contribution in [2.75, 3.05) is 6.61 Å². The second kappa shape index (κ2) is 7.38. The zero-order valence-electron chi connectivity index (χ0n) is 12.3. The van der Waals surface area contributed by atoms with Crippen molar-refractivity contribution in [1.29, 1.82) is 0 Å². The minimum absolute atomic E-state index is 0.0783. The van der Waals surface area contributed by atoms with Crippen molar-refractivity contribution in [1.82, 2.24) is 0 Å². The van der Waals surface area contributed by atoms with Crippen LogP contribution < -0.4 is 5.14 Å². The molecule has 0 bridgehead atoms. The summed E-state index contributed by atoms with van der Waals surface area (Å²) in [5, 5.41) is 5.16. The number of sulfonamides is 1. The van der Waals surface area contributed by atoms with Crippen molar-refractivity contribution in [2.24, 2.45) is 11.1 Å². The van der Waals surface area contributed by atoms with Crippen molar-refractivity contribution in [2.45, 2.75) is 38.5 Å². The first-order valence-corrected chi connectivity index (χ1v) is 9.00. The summed E-state index contributed by atoms with van der Waals surface area (Å²) in [6.45, 7) is 5.91. The van der Waals surface area contributed by atoms with Gasteiger partial charge in [-0.3, -0.25) is 0 Å². The van der Waals surface area contributed by atoms with E-state index in [-0.39, 0.29) is 16.4 Å². The van der Waals surface area contributed by atoms with E-state index in [0.29, 0.717) is 16.6 Å². The van der Waals surface area contributed by atoms with E-state index in [9.17, 15) is 13.2 Å². The lowest BCUT2D eigenvalue weighted by Gasteiger charge is -2.13. The van der Waals surface area contributed by atoms with Crippen LogP contribution in [-0.4, -0.2) is 21.0 Å². The Morgan fingerprint density at radius 1 is 1.43 bits per heavy atom. The minimum Gasteiger partial charge on any atom is -0.462 e. The number of carbonyl (C=O) groups is 1. The quantitative estimate of drug-likeness (QED) is 0.771. The summed E-state index contributed by atoms with van der Waals surface area (Å²) >= 11 is 3.19. The number of benzene rings is 1. The third kappa shape index (κ3) is 5.09. The molecule has 1 aromatic carbocycles. The molecule has 0 fully saturated rings. The first-order valence-electron chi connectivity index (χ1n) is 6.66. The van der Waals surface area contributed by atoms with Crippen molar-refractivity contribution in [3.8, 4) is 0 Å². The zero-order valence-corrected chi connectivity index (χ0v) is 14.8. The zero-order chi connectivity index (χ0) is 16.2. The molecule has 1 aromatic rings. The van der Waals surface area contributed by atoms with Crippen LogP contribution in [0.1, 0.15) is 42.6 Å². The van der Waals surface area contributed by atoms with Crippen LogP contribution in [0.5, 0.6) is 0 Å². The van der Waals surface area contributed by atoms with Gasteiger partial charge in [-0.05, 0) is 37.0 Å². The highest BCUT2D eigenvalue weighted by Gasteiger charge is 2.20. The Hall–Kier alpha value is -0.920. The molecule has 5 nitrogen and oxygen atoms in total. The van der Waals surface area contributed by atoms with Gasteiger partial charge in [0, 0.05) is 4.47 Å². The van der Waals surface area contributed by atoms with Gasteiger partial charge < -0.3 is 4.74 Å². The summed E-state index contributed by atoms with van der Waals surface area (Å²) < 4.78 is 28.8. The highest BCUT2D eigenvalue weighted by molar-refractivity contribution is 9.10. The molecule has 0 aliphatic carbocycles. The molecule has 0 radical (unpaired) electrons. The average molecular weight is 378 g/mol. The van der Waals surface area contributed by atoms with Crippen LogP contribution in [0.15, 0.2) is 21.5 Å². The van der Waals surface area contributed by atoms with Crippen molar-refractivity contribution in [3.05, 3.63) is 27.7 Å². The fourth-order valence-corrected chi connectivity index (χ4v) is 3.47. The largest absolute Gasteiger partial charge is 0.462 e. The SMILES string of the molecule is CCCC(C)COC(=O)c1cc(Br)cc(S(N)(=O)=O)c1C. The maximum Gasteiger partial charge on any atom is 0.338 e. The Morgan fingerprint density at radius 2 is 2.05 bits per heavy atom. The van der Waals surface area contributed by atoms with E-state index in [2.05, 4.69) is 22.9 Å². The number of primary sulfonamides is 1. The molecule has 1 atom stereocenters. The summed E-state index contributed by atoms with van der Waals surface area (Å²) in [7, 11) is -3.89. The number of hydrogen-bond donors (Lipinski definition) is 1. The second-order valence-corrected chi connectivity index (χ2v) is 7.56. The standard InChI is InChI=1S/C14H20BrNO4S/c1-4-5-9(2)8-20-14(17)12-6-11(15)7-13(10(12)3)21(16,18)19/h6-7,9H,4-5,8H2,1-3H3,(H2,16,18,19). The van der Waals surface area contributed by atoms with Gasteiger partial charge in [0.15, 0.2) is 0 Å².